The fourth-order valence-corrected chi connectivity index (χ4v) is 1.78. The largest absolute Gasteiger partial charge is 0.478 e. The number of nitrogens with one attached hydrogen (secondary N) is 2. The highest BCUT2D eigenvalue weighted by molar-refractivity contribution is 5.94. The van der Waals surface area contributed by atoms with Crippen LogP contribution in [0.15, 0.2) is 48.5 Å². The Morgan fingerprint density at radius 2 is 1.82 bits per heavy atom. The van der Waals surface area contributed by atoms with Crippen LogP contribution in [0.2, 0.25) is 0 Å². The second kappa shape index (κ2) is 6.90. The third-order valence-corrected chi connectivity index (χ3v) is 2.86. The summed E-state index contributed by atoms with van der Waals surface area (Å²) in [5, 5.41) is 23.1. The number of hydrogen-bond acceptors (Lipinski definition) is 4. The molecular weight excluding hydrogens is 282 g/mol. The average molecular weight is 295 g/mol. The number of nitriles is 1. The maximum absolute atomic E-state index is 11.8. The molecular formula is C16H13N3O3. The Labute approximate surface area is 127 Å². The zero-order valence-corrected chi connectivity index (χ0v) is 11.5. The average Bonchev–Trinajstić information content (AvgIpc) is 2.53. The molecule has 0 saturated heterocycles. The van der Waals surface area contributed by atoms with Gasteiger partial charge in [0.1, 0.15) is 0 Å². The number of carboxylic acid groups (broad SMARTS) is 1. The SMILES string of the molecule is N#Cc1cccc(NCC(=O)Nc2ccc(C(=O)O)cc2)c1. The van der Waals surface area contributed by atoms with Gasteiger partial charge in [0, 0.05) is 11.4 Å². The van der Waals surface area contributed by atoms with Gasteiger partial charge in [0.2, 0.25) is 5.91 Å². The van der Waals surface area contributed by atoms with Crippen LogP contribution in [0.3, 0.4) is 0 Å². The van der Waals surface area contributed by atoms with Crippen LogP contribution in [-0.2, 0) is 4.79 Å². The van der Waals surface area contributed by atoms with E-state index >= 15 is 0 Å². The molecule has 2 rings (SSSR count). The normalized spacial score (nSPS) is 9.59. The summed E-state index contributed by atoms with van der Waals surface area (Å²) >= 11 is 0. The maximum atomic E-state index is 11.8. The van der Waals surface area contributed by atoms with Crippen LogP contribution in [-0.4, -0.2) is 23.5 Å². The van der Waals surface area contributed by atoms with E-state index in [1.807, 2.05) is 6.07 Å². The zero-order chi connectivity index (χ0) is 15.9. The molecule has 22 heavy (non-hydrogen) atoms. The first-order chi connectivity index (χ1) is 10.6. The van der Waals surface area contributed by atoms with E-state index < -0.39 is 5.97 Å². The highest BCUT2D eigenvalue weighted by Crippen LogP contribution is 2.11. The van der Waals surface area contributed by atoms with Crippen LogP contribution < -0.4 is 10.6 Å². The summed E-state index contributed by atoms with van der Waals surface area (Å²) in [5.41, 5.74) is 1.86. The van der Waals surface area contributed by atoms with Crippen LogP contribution in [0.25, 0.3) is 0 Å². The van der Waals surface area contributed by atoms with E-state index in [0.717, 1.165) is 0 Å². The van der Waals surface area contributed by atoms with Gasteiger partial charge in [0.05, 0.1) is 23.7 Å². The van der Waals surface area contributed by atoms with Crippen molar-refractivity contribution in [2.45, 2.75) is 0 Å². The fraction of sp³-hybridized carbons (Fsp3) is 0.0625. The number of carbonyl (C=O) groups is 2. The fourth-order valence-electron chi connectivity index (χ4n) is 1.78. The van der Waals surface area contributed by atoms with Crippen molar-refractivity contribution in [2.75, 3.05) is 17.2 Å². The Balaban J connectivity index is 1.90. The third-order valence-electron chi connectivity index (χ3n) is 2.86. The van der Waals surface area contributed by atoms with Gasteiger partial charge in [-0.3, -0.25) is 4.79 Å². The van der Waals surface area contributed by atoms with Crippen molar-refractivity contribution in [3.63, 3.8) is 0 Å². The molecule has 1 amide bonds. The number of benzene rings is 2. The first kappa shape index (κ1) is 15.1. The van der Waals surface area contributed by atoms with Gasteiger partial charge in [-0.1, -0.05) is 6.07 Å². The van der Waals surface area contributed by atoms with Crippen molar-refractivity contribution in [3.8, 4) is 6.07 Å². The van der Waals surface area contributed by atoms with Crippen molar-refractivity contribution in [1.82, 2.24) is 0 Å². The minimum absolute atomic E-state index is 0.0373. The van der Waals surface area contributed by atoms with Crippen LogP contribution >= 0.6 is 0 Å². The lowest BCUT2D eigenvalue weighted by Crippen LogP contribution is -2.21. The molecule has 0 bridgehead atoms. The van der Waals surface area contributed by atoms with Gasteiger partial charge in [-0.15, -0.1) is 0 Å². The van der Waals surface area contributed by atoms with Crippen LogP contribution in [0.4, 0.5) is 11.4 Å². The van der Waals surface area contributed by atoms with Crippen LogP contribution in [0, 0.1) is 11.3 Å². The second-order valence-corrected chi connectivity index (χ2v) is 4.48. The molecule has 0 spiro atoms. The smallest absolute Gasteiger partial charge is 0.335 e. The maximum Gasteiger partial charge on any atom is 0.335 e. The lowest BCUT2D eigenvalue weighted by molar-refractivity contribution is -0.114. The molecule has 0 aliphatic heterocycles. The first-order valence-electron chi connectivity index (χ1n) is 6.46. The highest BCUT2D eigenvalue weighted by atomic mass is 16.4. The molecule has 0 aliphatic carbocycles. The van der Waals surface area contributed by atoms with Crippen molar-refractivity contribution in [1.29, 1.82) is 5.26 Å². The Morgan fingerprint density at radius 3 is 2.45 bits per heavy atom. The summed E-state index contributed by atoms with van der Waals surface area (Å²) in [6, 6.07) is 14.7. The van der Waals surface area contributed by atoms with E-state index in [2.05, 4.69) is 10.6 Å². The van der Waals surface area contributed by atoms with Gasteiger partial charge in [-0.25, -0.2) is 4.79 Å². The standard InChI is InChI=1S/C16H13N3O3/c17-9-11-2-1-3-14(8-11)18-10-15(20)19-13-6-4-12(5-7-13)16(21)22/h1-8,18H,10H2,(H,19,20)(H,21,22). The molecule has 6 nitrogen and oxygen atoms in total. The van der Waals surface area contributed by atoms with Crippen LogP contribution in [0.5, 0.6) is 0 Å². The molecule has 0 unspecified atom stereocenters. The monoisotopic (exact) mass is 295 g/mol. The Morgan fingerprint density at radius 1 is 1.09 bits per heavy atom. The summed E-state index contributed by atoms with van der Waals surface area (Å²) in [4.78, 5) is 22.5. The number of rotatable bonds is 5. The Bertz CT molecular complexity index is 733. The summed E-state index contributed by atoms with van der Waals surface area (Å²) in [6.45, 7) is 0.0373. The predicted molar refractivity (Wildman–Crippen MR) is 81.7 cm³/mol. The van der Waals surface area contributed by atoms with E-state index in [4.69, 9.17) is 10.4 Å². The quantitative estimate of drug-likeness (QED) is 0.785. The molecule has 3 N–H and O–H groups in total. The molecule has 0 aromatic heterocycles. The molecule has 0 fully saturated rings. The van der Waals surface area contributed by atoms with Crippen LogP contribution in [0.1, 0.15) is 15.9 Å². The molecule has 0 aliphatic rings. The lowest BCUT2D eigenvalue weighted by Gasteiger charge is -2.08. The molecule has 2 aromatic carbocycles. The molecule has 0 atom stereocenters. The van der Waals surface area contributed by atoms with Crippen molar-refractivity contribution >= 4 is 23.3 Å². The highest BCUT2D eigenvalue weighted by Gasteiger charge is 2.05. The minimum Gasteiger partial charge on any atom is -0.478 e. The molecule has 6 heteroatoms. The van der Waals surface area contributed by atoms with E-state index in [1.54, 1.807) is 24.3 Å². The van der Waals surface area contributed by atoms with Crippen molar-refractivity contribution in [2.24, 2.45) is 0 Å². The van der Waals surface area contributed by atoms with Crippen molar-refractivity contribution < 1.29 is 14.7 Å². The summed E-state index contributed by atoms with van der Waals surface area (Å²) in [7, 11) is 0. The zero-order valence-electron chi connectivity index (χ0n) is 11.5. The predicted octanol–water partition coefficient (Wildman–Crippen LogP) is 2.31. The van der Waals surface area contributed by atoms with Gasteiger partial charge in [-0.05, 0) is 42.5 Å². The van der Waals surface area contributed by atoms with Gasteiger partial charge in [-0.2, -0.15) is 5.26 Å². The summed E-state index contributed by atoms with van der Waals surface area (Å²) in [5.74, 6) is -1.29. The summed E-state index contributed by atoms with van der Waals surface area (Å²) in [6.07, 6.45) is 0. The van der Waals surface area contributed by atoms with E-state index in [0.29, 0.717) is 16.9 Å². The number of amides is 1. The van der Waals surface area contributed by atoms with E-state index in [9.17, 15) is 9.59 Å². The Kier molecular flexibility index (Phi) is 4.73. The number of nitrogens with zero attached hydrogens (tertiary/aromatic N) is 1. The number of carbonyl (C=O) groups excluding carboxylic acids is 1. The van der Waals surface area contributed by atoms with E-state index in [1.165, 1.54) is 24.3 Å². The van der Waals surface area contributed by atoms with Gasteiger partial charge in [0.15, 0.2) is 0 Å². The number of anilines is 2. The molecule has 2 aromatic rings. The molecule has 0 radical (unpaired) electrons. The van der Waals surface area contributed by atoms with Gasteiger partial charge < -0.3 is 15.7 Å². The first-order valence-corrected chi connectivity index (χ1v) is 6.46. The van der Waals surface area contributed by atoms with Gasteiger partial charge >= 0.3 is 5.97 Å². The number of carboxylic acids is 1. The summed E-state index contributed by atoms with van der Waals surface area (Å²) < 4.78 is 0. The number of aromatic carboxylic acids is 1. The minimum atomic E-state index is -1.02. The third kappa shape index (κ3) is 4.08. The number of hydrogen-bond donors (Lipinski definition) is 3. The second-order valence-electron chi connectivity index (χ2n) is 4.48. The molecule has 110 valence electrons. The Hall–Kier alpha value is -3.33. The molecule has 0 heterocycles. The lowest BCUT2D eigenvalue weighted by atomic mass is 10.2. The van der Waals surface area contributed by atoms with Crippen molar-refractivity contribution in [3.05, 3.63) is 59.7 Å². The van der Waals surface area contributed by atoms with E-state index in [-0.39, 0.29) is 18.0 Å². The topological polar surface area (TPSA) is 102 Å². The molecule has 0 saturated carbocycles. The van der Waals surface area contributed by atoms with Gasteiger partial charge in [0.25, 0.3) is 0 Å².